The molecule has 1 amide bonds. The van der Waals surface area contributed by atoms with Gasteiger partial charge in [0.25, 0.3) is 5.56 Å². The van der Waals surface area contributed by atoms with E-state index in [9.17, 15) is 14.0 Å². The third-order valence-corrected chi connectivity index (χ3v) is 5.07. The highest BCUT2D eigenvalue weighted by Gasteiger charge is 2.15. The number of benzene rings is 1. The average Bonchev–Trinajstić information content (AvgIpc) is 3.07. The van der Waals surface area contributed by atoms with Crippen LogP contribution < -0.4 is 5.56 Å². The Balaban J connectivity index is 1.67. The molecule has 0 bridgehead atoms. The van der Waals surface area contributed by atoms with Crippen molar-refractivity contribution in [1.82, 2.24) is 14.5 Å². The molecule has 0 radical (unpaired) electrons. The summed E-state index contributed by atoms with van der Waals surface area (Å²) in [6.07, 6.45) is 1.56. The number of aromatic nitrogens is 2. The van der Waals surface area contributed by atoms with Crippen LogP contribution in [0.1, 0.15) is 12.0 Å². The highest BCUT2D eigenvalue weighted by Crippen LogP contribution is 2.20. The second-order valence-corrected chi connectivity index (χ2v) is 6.88. The average molecular weight is 380 g/mol. The molecule has 0 unspecified atom stereocenters. The molecule has 25 heavy (non-hydrogen) atoms. The largest absolute Gasteiger partial charge is 0.341 e. The summed E-state index contributed by atoms with van der Waals surface area (Å²) in [7, 11) is 1.58. The molecule has 1 aromatic carbocycles. The standard InChI is InChI=1S/C17H15ClFN3O2S/c1-21(9-12-13(18)3-2-4-14(12)19)15(23)5-7-22-10-20-16-11(17(22)24)6-8-25-16/h2-4,6,8,10H,5,7,9H2,1H3. The molecule has 0 aliphatic heterocycles. The van der Waals surface area contributed by atoms with E-state index in [4.69, 9.17) is 11.6 Å². The first-order valence-corrected chi connectivity index (χ1v) is 8.82. The lowest BCUT2D eigenvalue weighted by molar-refractivity contribution is -0.130. The maximum absolute atomic E-state index is 13.8. The molecule has 2 aromatic heterocycles. The number of rotatable bonds is 5. The number of thiophene rings is 1. The molecule has 0 N–H and O–H groups in total. The minimum Gasteiger partial charge on any atom is -0.341 e. The second-order valence-electron chi connectivity index (χ2n) is 5.58. The van der Waals surface area contributed by atoms with Crippen LogP contribution in [-0.4, -0.2) is 27.4 Å². The van der Waals surface area contributed by atoms with Crippen LogP contribution in [0.25, 0.3) is 10.2 Å². The van der Waals surface area contributed by atoms with Gasteiger partial charge in [-0.05, 0) is 23.6 Å². The third-order valence-electron chi connectivity index (χ3n) is 3.90. The third kappa shape index (κ3) is 3.72. The number of fused-ring (bicyclic) bond motifs is 1. The second kappa shape index (κ2) is 7.33. The fourth-order valence-corrected chi connectivity index (χ4v) is 3.41. The van der Waals surface area contributed by atoms with Gasteiger partial charge in [-0.1, -0.05) is 17.7 Å². The van der Waals surface area contributed by atoms with Crippen LogP contribution in [0.2, 0.25) is 5.02 Å². The molecule has 0 aliphatic rings. The first kappa shape index (κ1) is 17.6. The Morgan fingerprint density at radius 3 is 2.96 bits per heavy atom. The quantitative estimate of drug-likeness (QED) is 0.683. The van der Waals surface area contributed by atoms with Crippen molar-refractivity contribution in [1.29, 1.82) is 0 Å². The first-order valence-electron chi connectivity index (χ1n) is 7.57. The minimum absolute atomic E-state index is 0.0705. The highest BCUT2D eigenvalue weighted by atomic mass is 35.5. The van der Waals surface area contributed by atoms with E-state index in [2.05, 4.69) is 4.98 Å². The smallest absolute Gasteiger partial charge is 0.262 e. The van der Waals surface area contributed by atoms with Crippen molar-refractivity contribution in [2.75, 3.05) is 7.05 Å². The Morgan fingerprint density at radius 1 is 1.40 bits per heavy atom. The van der Waals surface area contributed by atoms with Crippen molar-refractivity contribution in [2.45, 2.75) is 19.5 Å². The molecule has 0 fully saturated rings. The lowest BCUT2D eigenvalue weighted by Crippen LogP contribution is -2.29. The number of hydrogen-bond acceptors (Lipinski definition) is 4. The molecule has 8 heteroatoms. The van der Waals surface area contributed by atoms with Gasteiger partial charge in [0, 0.05) is 37.1 Å². The van der Waals surface area contributed by atoms with Crippen LogP contribution in [0, 0.1) is 5.82 Å². The number of halogens is 2. The summed E-state index contributed by atoms with van der Waals surface area (Å²) in [5.74, 6) is -0.660. The SMILES string of the molecule is CN(Cc1c(F)cccc1Cl)C(=O)CCn1cnc2sccc2c1=O. The molecule has 130 valence electrons. The summed E-state index contributed by atoms with van der Waals surface area (Å²) in [5, 5.41) is 2.63. The van der Waals surface area contributed by atoms with Crippen LogP contribution >= 0.6 is 22.9 Å². The van der Waals surface area contributed by atoms with Gasteiger partial charge >= 0.3 is 0 Å². The Labute approximate surface area is 152 Å². The number of aryl methyl sites for hydroxylation is 1. The van der Waals surface area contributed by atoms with Crippen LogP contribution in [0.5, 0.6) is 0 Å². The molecule has 3 rings (SSSR count). The van der Waals surface area contributed by atoms with Crippen LogP contribution in [0.15, 0.2) is 40.8 Å². The zero-order chi connectivity index (χ0) is 18.0. The Kier molecular flexibility index (Phi) is 5.15. The topological polar surface area (TPSA) is 55.2 Å². The van der Waals surface area contributed by atoms with E-state index < -0.39 is 5.82 Å². The first-order chi connectivity index (χ1) is 12.0. The van der Waals surface area contributed by atoms with E-state index in [0.717, 1.165) is 0 Å². The fraction of sp³-hybridized carbons (Fsp3) is 0.235. The lowest BCUT2D eigenvalue weighted by atomic mass is 10.2. The molecule has 2 heterocycles. The predicted molar refractivity (Wildman–Crippen MR) is 96.4 cm³/mol. The van der Waals surface area contributed by atoms with Crippen LogP contribution in [-0.2, 0) is 17.9 Å². The molecule has 0 saturated heterocycles. The monoisotopic (exact) mass is 379 g/mol. The maximum Gasteiger partial charge on any atom is 0.262 e. The maximum atomic E-state index is 13.8. The summed E-state index contributed by atoms with van der Waals surface area (Å²) in [6.45, 7) is 0.285. The Bertz CT molecular complexity index is 965. The van der Waals surface area contributed by atoms with E-state index in [0.29, 0.717) is 10.2 Å². The Hall–Kier alpha value is -2.25. The van der Waals surface area contributed by atoms with Gasteiger partial charge in [0.2, 0.25) is 5.91 Å². The number of hydrogen-bond donors (Lipinski definition) is 0. The number of carbonyl (C=O) groups is 1. The zero-order valence-corrected chi connectivity index (χ0v) is 15.0. The van der Waals surface area contributed by atoms with Gasteiger partial charge in [-0.3, -0.25) is 14.2 Å². The van der Waals surface area contributed by atoms with Gasteiger partial charge in [0.1, 0.15) is 10.6 Å². The summed E-state index contributed by atoms with van der Waals surface area (Å²) < 4.78 is 15.2. The van der Waals surface area contributed by atoms with Gasteiger partial charge in [-0.15, -0.1) is 11.3 Å². The molecule has 3 aromatic rings. The van der Waals surface area contributed by atoms with Gasteiger partial charge < -0.3 is 4.90 Å². The van der Waals surface area contributed by atoms with Gasteiger partial charge in [-0.2, -0.15) is 0 Å². The molecule has 0 atom stereocenters. The minimum atomic E-state index is -0.449. The van der Waals surface area contributed by atoms with Gasteiger partial charge in [-0.25, -0.2) is 9.37 Å². The van der Waals surface area contributed by atoms with Crippen molar-refractivity contribution < 1.29 is 9.18 Å². The van der Waals surface area contributed by atoms with Gasteiger partial charge in [0.05, 0.1) is 11.7 Å². The van der Waals surface area contributed by atoms with E-state index >= 15 is 0 Å². The van der Waals surface area contributed by atoms with Crippen LogP contribution in [0.3, 0.4) is 0 Å². The molecule has 0 spiro atoms. The van der Waals surface area contributed by atoms with E-state index in [1.165, 1.54) is 39.3 Å². The lowest BCUT2D eigenvalue weighted by Gasteiger charge is -2.18. The van der Waals surface area contributed by atoms with Crippen molar-refractivity contribution in [2.24, 2.45) is 0 Å². The normalized spacial score (nSPS) is 11.0. The zero-order valence-electron chi connectivity index (χ0n) is 13.4. The van der Waals surface area contributed by atoms with E-state index in [1.54, 1.807) is 24.6 Å². The fourth-order valence-electron chi connectivity index (χ4n) is 2.47. The number of carbonyl (C=O) groups excluding carboxylic acids is 1. The highest BCUT2D eigenvalue weighted by molar-refractivity contribution is 7.16. The summed E-state index contributed by atoms with van der Waals surface area (Å²) in [5.41, 5.74) is 0.109. The van der Waals surface area contributed by atoms with Crippen molar-refractivity contribution in [3.05, 3.63) is 62.7 Å². The van der Waals surface area contributed by atoms with E-state index in [1.807, 2.05) is 0 Å². The van der Waals surface area contributed by atoms with Crippen LogP contribution in [0.4, 0.5) is 4.39 Å². The number of nitrogens with zero attached hydrogens (tertiary/aromatic N) is 3. The van der Waals surface area contributed by atoms with Crippen molar-refractivity contribution >= 4 is 39.1 Å². The molecule has 5 nitrogen and oxygen atoms in total. The summed E-state index contributed by atoms with van der Waals surface area (Å²) in [6, 6.07) is 6.13. The summed E-state index contributed by atoms with van der Waals surface area (Å²) >= 11 is 7.38. The molecule has 0 saturated carbocycles. The molecule has 0 aliphatic carbocycles. The van der Waals surface area contributed by atoms with Gasteiger partial charge in [0.15, 0.2) is 0 Å². The summed E-state index contributed by atoms with van der Waals surface area (Å²) in [4.78, 5) is 30.9. The molecular formula is C17H15ClFN3O2S. The molecular weight excluding hydrogens is 365 g/mol. The van der Waals surface area contributed by atoms with Crippen molar-refractivity contribution in [3.63, 3.8) is 0 Å². The Morgan fingerprint density at radius 2 is 2.20 bits per heavy atom. The predicted octanol–water partition coefficient (Wildman–Crippen LogP) is 3.30. The number of amides is 1. The van der Waals surface area contributed by atoms with E-state index in [-0.39, 0.29) is 41.6 Å². The van der Waals surface area contributed by atoms with Crippen molar-refractivity contribution in [3.8, 4) is 0 Å².